The number of nitrogens with one attached hydrogen (secondary N) is 1. The van der Waals surface area contributed by atoms with Crippen LogP contribution < -0.4 is 10.1 Å². The Labute approximate surface area is 103 Å². The molecule has 1 aromatic carbocycles. The van der Waals surface area contributed by atoms with Gasteiger partial charge in [0.25, 0.3) is 0 Å². The Kier molecular flexibility index (Phi) is 3.89. The minimum Gasteiger partial charge on any atom is -0.488 e. The Morgan fingerprint density at radius 3 is 3.00 bits per heavy atom. The summed E-state index contributed by atoms with van der Waals surface area (Å²) in [6.45, 7) is 2.00. The minimum atomic E-state index is 0.248. The summed E-state index contributed by atoms with van der Waals surface area (Å²) >= 11 is 9.44. The van der Waals surface area contributed by atoms with Gasteiger partial charge in [0.1, 0.15) is 11.9 Å². The Balaban J connectivity index is 2.03. The summed E-state index contributed by atoms with van der Waals surface area (Å²) in [5, 5.41) is 3.97. The average molecular weight is 291 g/mol. The van der Waals surface area contributed by atoms with Crippen LogP contribution in [0.1, 0.15) is 12.8 Å². The molecule has 0 aliphatic carbocycles. The van der Waals surface area contributed by atoms with Gasteiger partial charge in [-0.1, -0.05) is 27.5 Å². The zero-order valence-electron chi connectivity index (χ0n) is 8.30. The smallest absolute Gasteiger partial charge is 0.138 e. The fourth-order valence-electron chi connectivity index (χ4n) is 1.67. The molecule has 1 atom stereocenters. The SMILES string of the molecule is Clc1cc(Br)ccc1OC1CCCNC1. The van der Waals surface area contributed by atoms with Crippen LogP contribution in [0.4, 0.5) is 0 Å². The predicted octanol–water partition coefficient (Wildman–Crippen LogP) is 3.23. The molecule has 1 unspecified atom stereocenters. The van der Waals surface area contributed by atoms with E-state index in [4.69, 9.17) is 16.3 Å². The van der Waals surface area contributed by atoms with Gasteiger partial charge < -0.3 is 10.1 Å². The van der Waals surface area contributed by atoms with Crippen molar-refractivity contribution in [3.05, 3.63) is 27.7 Å². The Bertz CT molecular complexity index is 339. The molecule has 0 saturated carbocycles. The van der Waals surface area contributed by atoms with Gasteiger partial charge >= 0.3 is 0 Å². The van der Waals surface area contributed by atoms with E-state index < -0.39 is 0 Å². The van der Waals surface area contributed by atoms with Gasteiger partial charge in [-0.25, -0.2) is 0 Å². The number of ether oxygens (including phenoxy) is 1. The lowest BCUT2D eigenvalue weighted by Crippen LogP contribution is -2.37. The summed E-state index contributed by atoms with van der Waals surface area (Å²) in [5.41, 5.74) is 0. The number of halogens is 2. The van der Waals surface area contributed by atoms with Gasteiger partial charge in [0, 0.05) is 11.0 Å². The Hall–Kier alpha value is -0.250. The van der Waals surface area contributed by atoms with E-state index >= 15 is 0 Å². The highest BCUT2D eigenvalue weighted by atomic mass is 79.9. The molecule has 1 aliphatic heterocycles. The number of rotatable bonds is 2. The van der Waals surface area contributed by atoms with E-state index in [9.17, 15) is 0 Å². The molecule has 0 bridgehead atoms. The van der Waals surface area contributed by atoms with Crippen LogP contribution in [0.2, 0.25) is 5.02 Å². The molecule has 0 radical (unpaired) electrons. The summed E-state index contributed by atoms with van der Waals surface area (Å²) in [6, 6.07) is 5.70. The third kappa shape index (κ3) is 3.10. The second-order valence-corrected chi connectivity index (χ2v) is 4.98. The van der Waals surface area contributed by atoms with Crippen LogP contribution in [-0.2, 0) is 0 Å². The molecular formula is C11H13BrClNO. The van der Waals surface area contributed by atoms with Crippen LogP contribution >= 0.6 is 27.5 Å². The molecule has 1 saturated heterocycles. The highest BCUT2D eigenvalue weighted by Gasteiger charge is 2.15. The first-order chi connectivity index (χ1) is 7.25. The maximum absolute atomic E-state index is 6.07. The minimum absolute atomic E-state index is 0.248. The quantitative estimate of drug-likeness (QED) is 0.903. The second kappa shape index (κ2) is 5.19. The first-order valence-electron chi connectivity index (χ1n) is 5.08. The number of hydrogen-bond acceptors (Lipinski definition) is 2. The van der Waals surface area contributed by atoms with Gasteiger partial charge in [-0.05, 0) is 37.6 Å². The molecule has 1 N–H and O–H groups in total. The van der Waals surface area contributed by atoms with Gasteiger partial charge in [-0.3, -0.25) is 0 Å². The maximum atomic E-state index is 6.07. The lowest BCUT2D eigenvalue weighted by molar-refractivity contribution is 0.167. The van der Waals surface area contributed by atoms with E-state index in [0.29, 0.717) is 5.02 Å². The maximum Gasteiger partial charge on any atom is 0.138 e. The van der Waals surface area contributed by atoms with Crippen molar-refractivity contribution in [2.75, 3.05) is 13.1 Å². The normalized spacial score (nSPS) is 21.3. The molecule has 1 aliphatic rings. The van der Waals surface area contributed by atoms with Crippen LogP contribution in [0.5, 0.6) is 5.75 Å². The monoisotopic (exact) mass is 289 g/mol. The van der Waals surface area contributed by atoms with Crippen molar-refractivity contribution in [3.8, 4) is 5.75 Å². The first kappa shape index (κ1) is 11.2. The van der Waals surface area contributed by atoms with Crippen LogP contribution in [0.3, 0.4) is 0 Å². The topological polar surface area (TPSA) is 21.3 Å². The number of piperidine rings is 1. The fraction of sp³-hybridized carbons (Fsp3) is 0.455. The first-order valence-corrected chi connectivity index (χ1v) is 6.25. The van der Waals surface area contributed by atoms with Crippen LogP contribution in [-0.4, -0.2) is 19.2 Å². The molecular weight excluding hydrogens is 277 g/mol. The van der Waals surface area contributed by atoms with E-state index in [1.165, 1.54) is 6.42 Å². The third-order valence-electron chi connectivity index (χ3n) is 2.44. The van der Waals surface area contributed by atoms with Gasteiger partial charge in [0.2, 0.25) is 0 Å². The van der Waals surface area contributed by atoms with Crippen LogP contribution in [0.25, 0.3) is 0 Å². The number of hydrogen-bond donors (Lipinski definition) is 1. The standard InChI is InChI=1S/C11H13BrClNO/c12-8-3-4-11(10(13)6-8)15-9-2-1-5-14-7-9/h3-4,6,9,14H,1-2,5,7H2. The zero-order chi connectivity index (χ0) is 10.7. The lowest BCUT2D eigenvalue weighted by Gasteiger charge is -2.24. The van der Waals surface area contributed by atoms with E-state index in [2.05, 4.69) is 21.2 Å². The van der Waals surface area contributed by atoms with Gasteiger partial charge in [0.15, 0.2) is 0 Å². The van der Waals surface area contributed by atoms with Crippen LogP contribution in [0, 0.1) is 0 Å². The van der Waals surface area contributed by atoms with Crippen molar-refractivity contribution in [1.82, 2.24) is 5.32 Å². The van der Waals surface area contributed by atoms with Crippen molar-refractivity contribution in [2.45, 2.75) is 18.9 Å². The molecule has 82 valence electrons. The molecule has 2 nitrogen and oxygen atoms in total. The summed E-state index contributed by atoms with van der Waals surface area (Å²) in [7, 11) is 0. The molecule has 15 heavy (non-hydrogen) atoms. The van der Waals surface area contributed by atoms with Gasteiger partial charge in [-0.15, -0.1) is 0 Å². The lowest BCUT2D eigenvalue weighted by atomic mass is 10.1. The van der Waals surface area contributed by atoms with E-state index in [0.717, 1.165) is 29.7 Å². The number of benzene rings is 1. The molecule has 1 heterocycles. The molecule has 0 amide bonds. The van der Waals surface area contributed by atoms with Crippen LogP contribution in [0.15, 0.2) is 22.7 Å². The van der Waals surface area contributed by atoms with E-state index in [1.807, 2.05) is 18.2 Å². The summed E-state index contributed by atoms with van der Waals surface area (Å²) in [5.74, 6) is 0.772. The molecule has 0 aromatic heterocycles. The van der Waals surface area contributed by atoms with Gasteiger partial charge in [0.05, 0.1) is 5.02 Å². The van der Waals surface area contributed by atoms with Crippen molar-refractivity contribution in [2.24, 2.45) is 0 Å². The highest BCUT2D eigenvalue weighted by Crippen LogP contribution is 2.29. The second-order valence-electron chi connectivity index (χ2n) is 3.66. The summed E-state index contributed by atoms with van der Waals surface area (Å²) in [6.07, 6.45) is 2.51. The summed E-state index contributed by atoms with van der Waals surface area (Å²) in [4.78, 5) is 0. The zero-order valence-corrected chi connectivity index (χ0v) is 10.6. The molecule has 1 aromatic rings. The van der Waals surface area contributed by atoms with Crippen molar-refractivity contribution in [1.29, 1.82) is 0 Å². The summed E-state index contributed by atoms with van der Waals surface area (Å²) < 4.78 is 6.80. The van der Waals surface area contributed by atoms with Gasteiger partial charge in [-0.2, -0.15) is 0 Å². The predicted molar refractivity (Wildman–Crippen MR) is 65.7 cm³/mol. The van der Waals surface area contributed by atoms with Crippen molar-refractivity contribution in [3.63, 3.8) is 0 Å². The fourth-order valence-corrected chi connectivity index (χ4v) is 2.39. The molecule has 2 rings (SSSR count). The van der Waals surface area contributed by atoms with E-state index in [1.54, 1.807) is 0 Å². The van der Waals surface area contributed by atoms with Crippen molar-refractivity contribution < 1.29 is 4.74 Å². The third-order valence-corrected chi connectivity index (χ3v) is 3.23. The van der Waals surface area contributed by atoms with Crippen molar-refractivity contribution >= 4 is 27.5 Å². The van der Waals surface area contributed by atoms with E-state index in [-0.39, 0.29) is 6.10 Å². The molecule has 1 fully saturated rings. The largest absolute Gasteiger partial charge is 0.488 e. The molecule has 4 heteroatoms. The average Bonchev–Trinajstić information content (AvgIpc) is 2.24. The Morgan fingerprint density at radius 2 is 2.33 bits per heavy atom. The molecule has 0 spiro atoms. The Morgan fingerprint density at radius 1 is 1.47 bits per heavy atom. The highest BCUT2D eigenvalue weighted by molar-refractivity contribution is 9.10.